The van der Waals surface area contributed by atoms with E-state index in [-0.39, 0.29) is 0 Å². The van der Waals surface area contributed by atoms with Gasteiger partial charge in [-0.05, 0) is 26.8 Å². The van der Waals surface area contributed by atoms with Crippen LogP contribution in [-0.2, 0) is 0 Å². The van der Waals surface area contributed by atoms with Crippen molar-refractivity contribution in [1.82, 2.24) is 4.98 Å². The maximum atomic E-state index is 10.6. The topological polar surface area (TPSA) is 46.0 Å². The zero-order chi connectivity index (χ0) is 8.43. The fraction of sp³-hybridized carbons (Fsp3) is 0.375. The van der Waals surface area contributed by atoms with Crippen molar-refractivity contribution in [2.24, 2.45) is 0 Å². The Kier molecular flexibility index (Phi) is 1.98. The van der Waals surface area contributed by atoms with Crippen molar-refractivity contribution >= 4 is 6.08 Å². The highest BCUT2D eigenvalue weighted by atomic mass is 16.4. The van der Waals surface area contributed by atoms with E-state index in [2.05, 4.69) is 4.98 Å². The third kappa shape index (κ3) is 1.83. The van der Waals surface area contributed by atoms with Gasteiger partial charge in [0.15, 0.2) is 5.76 Å². The largest absolute Gasteiger partial charge is 0.417 e. The SMILES string of the molecule is CC(C)=Cc1oc(=O)[nH]c1C. The van der Waals surface area contributed by atoms with Gasteiger partial charge in [-0.1, -0.05) is 5.57 Å². The lowest BCUT2D eigenvalue weighted by Gasteiger charge is -1.87. The van der Waals surface area contributed by atoms with E-state index >= 15 is 0 Å². The van der Waals surface area contributed by atoms with Gasteiger partial charge in [-0.2, -0.15) is 0 Å². The van der Waals surface area contributed by atoms with Gasteiger partial charge in [0.1, 0.15) is 0 Å². The minimum atomic E-state index is -0.394. The van der Waals surface area contributed by atoms with Crippen LogP contribution in [0.15, 0.2) is 14.8 Å². The average molecular weight is 153 g/mol. The zero-order valence-electron chi connectivity index (χ0n) is 6.89. The van der Waals surface area contributed by atoms with Crippen LogP contribution in [0.3, 0.4) is 0 Å². The molecular formula is C8H11NO2. The zero-order valence-corrected chi connectivity index (χ0v) is 6.89. The van der Waals surface area contributed by atoms with E-state index in [9.17, 15) is 4.79 Å². The summed E-state index contributed by atoms with van der Waals surface area (Å²) in [6.45, 7) is 5.71. The molecule has 0 atom stereocenters. The molecule has 3 heteroatoms. The summed E-state index contributed by atoms with van der Waals surface area (Å²) in [6, 6.07) is 0. The second kappa shape index (κ2) is 2.78. The molecule has 60 valence electrons. The second-order valence-electron chi connectivity index (χ2n) is 2.73. The Morgan fingerprint density at radius 2 is 2.18 bits per heavy atom. The summed E-state index contributed by atoms with van der Waals surface area (Å²) >= 11 is 0. The Labute approximate surface area is 64.7 Å². The number of hydrogen-bond acceptors (Lipinski definition) is 2. The van der Waals surface area contributed by atoms with Crippen molar-refractivity contribution in [1.29, 1.82) is 0 Å². The maximum Gasteiger partial charge on any atom is 0.417 e. The standard InChI is InChI=1S/C8H11NO2/c1-5(2)4-7-6(3)9-8(10)11-7/h4H,1-3H3,(H,9,10). The van der Waals surface area contributed by atoms with Crippen LogP contribution in [0.5, 0.6) is 0 Å². The molecule has 0 amide bonds. The van der Waals surface area contributed by atoms with Crippen molar-refractivity contribution in [2.45, 2.75) is 20.8 Å². The Morgan fingerprint density at radius 3 is 2.55 bits per heavy atom. The molecule has 1 heterocycles. The monoisotopic (exact) mass is 153 g/mol. The smallest absolute Gasteiger partial charge is 0.408 e. The second-order valence-corrected chi connectivity index (χ2v) is 2.73. The molecule has 0 aromatic carbocycles. The van der Waals surface area contributed by atoms with E-state index in [4.69, 9.17) is 4.42 Å². The van der Waals surface area contributed by atoms with Crippen LogP contribution in [0.2, 0.25) is 0 Å². The first-order valence-corrected chi connectivity index (χ1v) is 3.44. The number of allylic oxidation sites excluding steroid dienone is 1. The molecule has 11 heavy (non-hydrogen) atoms. The summed E-state index contributed by atoms with van der Waals surface area (Å²) < 4.78 is 4.84. The van der Waals surface area contributed by atoms with Gasteiger partial charge >= 0.3 is 5.76 Å². The number of rotatable bonds is 1. The van der Waals surface area contributed by atoms with E-state index in [0.29, 0.717) is 5.76 Å². The highest BCUT2D eigenvalue weighted by Gasteiger charge is 2.00. The molecule has 0 spiro atoms. The minimum Gasteiger partial charge on any atom is -0.408 e. The third-order valence-corrected chi connectivity index (χ3v) is 1.28. The molecule has 1 aromatic rings. The maximum absolute atomic E-state index is 10.6. The van der Waals surface area contributed by atoms with E-state index in [0.717, 1.165) is 11.3 Å². The average Bonchev–Trinajstić information content (AvgIpc) is 2.09. The summed E-state index contributed by atoms with van der Waals surface area (Å²) in [5.41, 5.74) is 1.88. The first kappa shape index (κ1) is 7.85. The summed E-state index contributed by atoms with van der Waals surface area (Å²) in [6.07, 6.45) is 1.83. The van der Waals surface area contributed by atoms with Crippen LogP contribution < -0.4 is 5.76 Å². The van der Waals surface area contributed by atoms with Crippen LogP contribution in [0.4, 0.5) is 0 Å². The molecule has 0 bridgehead atoms. The molecule has 0 fully saturated rings. The third-order valence-electron chi connectivity index (χ3n) is 1.28. The molecule has 3 nitrogen and oxygen atoms in total. The Morgan fingerprint density at radius 1 is 1.55 bits per heavy atom. The molecule has 0 radical (unpaired) electrons. The summed E-state index contributed by atoms with van der Waals surface area (Å²) in [7, 11) is 0. The van der Waals surface area contributed by atoms with Gasteiger partial charge in [-0.3, -0.25) is 4.98 Å². The normalized spacial score (nSPS) is 9.73. The molecule has 1 rings (SSSR count). The molecule has 0 aliphatic heterocycles. The van der Waals surface area contributed by atoms with Crippen LogP contribution >= 0.6 is 0 Å². The molecule has 0 aliphatic carbocycles. The minimum absolute atomic E-state index is 0.394. The number of aromatic amines is 1. The lowest BCUT2D eigenvalue weighted by atomic mass is 10.2. The Hall–Kier alpha value is -1.25. The van der Waals surface area contributed by atoms with E-state index in [1.54, 1.807) is 6.92 Å². The molecule has 0 saturated heterocycles. The number of hydrogen-bond donors (Lipinski definition) is 1. The molecule has 1 aromatic heterocycles. The lowest BCUT2D eigenvalue weighted by Crippen LogP contribution is -1.93. The van der Waals surface area contributed by atoms with Crippen LogP contribution in [0.25, 0.3) is 6.08 Å². The van der Waals surface area contributed by atoms with Gasteiger partial charge in [0.2, 0.25) is 0 Å². The highest BCUT2D eigenvalue weighted by molar-refractivity contribution is 5.47. The summed E-state index contributed by atoms with van der Waals surface area (Å²) in [5, 5.41) is 0. The van der Waals surface area contributed by atoms with Crippen molar-refractivity contribution < 1.29 is 4.42 Å². The van der Waals surface area contributed by atoms with Gasteiger partial charge in [0.05, 0.1) is 5.69 Å². The van der Waals surface area contributed by atoms with Gasteiger partial charge in [-0.15, -0.1) is 0 Å². The van der Waals surface area contributed by atoms with Crippen molar-refractivity contribution in [3.05, 3.63) is 27.6 Å². The number of oxazole rings is 1. The molecule has 0 saturated carbocycles. The summed E-state index contributed by atoms with van der Waals surface area (Å²) in [5.74, 6) is 0.227. The van der Waals surface area contributed by atoms with Crippen LogP contribution in [-0.4, -0.2) is 4.98 Å². The van der Waals surface area contributed by atoms with Crippen LogP contribution in [0, 0.1) is 6.92 Å². The highest BCUT2D eigenvalue weighted by Crippen LogP contribution is 2.06. The fourth-order valence-electron chi connectivity index (χ4n) is 0.817. The fourth-order valence-corrected chi connectivity index (χ4v) is 0.817. The lowest BCUT2D eigenvalue weighted by molar-refractivity contribution is 0.506. The quantitative estimate of drug-likeness (QED) is 0.667. The van der Waals surface area contributed by atoms with Crippen LogP contribution in [0.1, 0.15) is 25.3 Å². The van der Waals surface area contributed by atoms with E-state index < -0.39 is 5.76 Å². The predicted molar refractivity (Wildman–Crippen MR) is 43.4 cm³/mol. The van der Waals surface area contributed by atoms with Gasteiger partial charge in [-0.25, -0.2) is 4.79 Å². The Bertz CT molecular complexity index is 326. The van der Waals surface area contributed by atoms with Crippen molar-refractivity contribution in [3.63, 3.8) is 0 Å². The van der Waals surface area contributed by atoms with E-state index in [1.807, 2.05) is 19.9 Å². The van der Waals surface area contributed by atoms with E-state index in [1.165, 1.54) is 0 Å². The first-order valence-electron chi connectivity index (χ1n) is 3.44. The predicted octanol–water partition coefficient (Wildman–Crippen LogP) is 1.70. The molecular weight excluding hydrogens is 142 g/mol. The van der Waals surface area contributed by atoms with Gasteiger partial charge < -0.3 is 4.42 Å². The number of H-pyrrole nitrogens is 1. The first-order chi connectivity index (χ1) is 5.09. The van der Waals surface area contributed by atoms with Crippen molar-refractivity contribution in [3.8, 4) is 0 Å². The number of aromatic nitrogens is 1. The van der Waals surface area contributed by atoms with Gasteiger partial charge in [0, 0.05) is 0 Å². The van der Waals surface area contributed by atoms with Gasteiger partial charge in [0.25, 0.3) is 0 Å². The number of aryl methyl sites for hydroxylation is 1. The van der Waals surface area contributed by atoms with Crippen molar-refractivity contribution in [2.75, 3.05) is 0 Å². The number of nitrogens with one attached hydrogen (secondary N) is 1. The molecule has 0 unspecified atom stereocenters. The molecule has 0 aliphatic rings. The summed E-state index contributed by atoms with van der Waals surface area (Å²) in [4.78, 5) is 13.2. The Balaban J connectivity index is 3.14. The molecule has 1 N–H and O–H groups in total.